The van der Waals surface area contributed by atoms with E-state index in [9.17, 15) is 18.0 Å². The van der Waals surface area contributed by atoms with Crippen molar-refractivity contribution in [3.63, 3.8) is 0 Å². The van der Waals surface area contributed by atoms with Gasteiger partial charge >= 0.3 is 0 Å². The molecule has 0 unspecified atom stereocenters. The number of sulfonamides is 1. The van der Waals surface area contributed by atoms with Crippen LogP contribution in [0.5, 0.6) is 0 Å². The zero-order valence-corrected chi connectivity index (χ0v) is 17.4. The van der Waals surface area contributed by atoms with Crippen molar-refractivity contribution < 1.29 is 18.0 Å². The lowest BCUT2D eigenvalue weighted by Gasteiger charge is -2.18. The number of carbonyl (C=O) groups is 2. The van der Waals surface area contributed by atoms with Crippen molar-refractivity contribution in [2.75, 3.05) is 13.1 Å². The number of benzene rings is 2. The summed E-state index contributed by atoms with van der Waals surface area (Å²) in [5, 5.41) is 8.77. The van der Waals surface area contributed by atoms with E-state index in [0.29, 0.717) is 24.2 Å². The maximum Gasteiger partial charge on any atom is 0.269 e. The highest BCUT2D eigenvalue weighted by atomic mass is 32.2. The van der Waals surface area contributed by atoms with Gasteiger partial charge in [-0.3, -0.25) is 20.4 Å². The van der Waals surface area contributed by atoms with Crippen LogP contribution in [0.2, 0.25) is 0 Å². The van der Waals surface area contributed by atoms with Crippen molar-refractivity contribution in [3.05, 3.63) is 71.3 Å². The Morgan fingerprint density at radius 3 is 2.33 bits per heavy atom. The predicted octanol–water partition coefficient (Wildman–Crippen LogP) is 2.06. The molecule has 2 N–H and O–H groups in total. The van der Waals surface area contributed by atoms with E-state index in [0.717, 1.165) is 0 Å². The average molecular weight is 426 g/mol. The summed E-state index contributed by atoms with van der Waals surface area (Å²) in [6, 6.07) is 14.2. The van der Waals surface area contributed by atoms with Gasteiger partial charge in [-0.2, -0.15) is 9.57 Å². The van der Waals surface area contributed by atoms with Gasteiger partial charge in [-0.15, -0.1) is 0 Å². The number of nitrogens with zero attached hydrogens (tertiary/aromatic N) is 2. The molecule has 8 nitrogen and oxygen atoms in total. The molecule has 0 atom stereocenters. The minimum atomic E-state index is -3.70. The third-order valence-electron chi connectivity index (χ3n) is 4.21. The lowest BCUT2D eigenvalue weighted by atomic mass is 10.1. The van der Waals surface area contributed by atoms with Crippen LogP contribution in [0.25, 0.3) is 6.08 Å². The van der Waals surface area contributed by atoms with Crippen LogP contribution in [-0.4, -0.2) is 37.6 Å². The maximum absolute atomic E-state index is 12.6. The van der Waals surface area contributed by atoms with Crippen molar-refractivity contribution in [2.24, 2.45) is 0 Å². The van der Waals surface area contributed by atoms with Gasteiger partial charge in [0.05, 0.1) is 16.5 Å². The Labute approximate surface area is 175 Å². The van der Waals surface area contributed by atoms with E-state index in [4.69, 9.17) is 5.26 Å². The Kier molecular flexibility index (Phi) is 7.86. The fourth-order valence-electron chi connectivity index (χ4n) is 2.58. The van der Waals surface area contributed by atoms with Gasteiger partial charge < -0.3 is 0 Å². The molecule has 0 radical (unpaired) electrons. The lowest BCUT2D eigenvalue weighted by Crippen LogP contribution is -2.40. The van der Waals surface area contributed by atoms with Crippen LogP contribution >= 0.6 is 0 Å². The fourth-order valence-corrected chi connectivity index (χ4v) is 4.09. The first kappa shape index (κ1) is 22.8. The number of amides is 2. The predicted molar refractivity (Wildman–Crippen MR) is 112 cm³/mol. The first-order valence-corrected chi connectivity index (χ1v) is 10.6. The normalized spacial score (nSPS) is 11.3. The Morgan fingerprint density at radius 2 is 1.73 bits per heavy atom. The van der Waals surface area contributed by atoms with Crippen LogP contribution < -0.4 is 10.9 Å². The van der Waals surface area contributed by atoms with Crippen molar-refractivity contribution >= 4 is 27.9 Å². The second kappa shape index (κ2) is 10.3. The van der Waals surface area contributed by atoms with Gasteiger partial charge in [0.1, 0.15) is 0 Å². The van der Waals surface area contributed by atoms with Crippen LogP contribution in [0.3, 0.4) is 0 Å². The maximum atomic E-state index is 12.6. The van der Waals surface area contributed by atoms with Gasteiger partial charge in [-0.05, 0) is 42.0 Å². The van der Waals surface area contributed by atoms with E-state index >= 15 is 0 Å². The molecule has 0 bridgehead atoms. The van der Waals surface area contributed by atoms with Gasteiger partial charge in [-0.1, -0.05) is 32.0 Å². The molecule has 2 aromatic carbocycles. The molecule has 0 saturated heterocycles. The Bertz CT molecular complexity index is 1080. The topological polar surface area (TPSA) is 119 Å². The third kappa shape index (κ3) is 5.76. The zero-order chi connectivity index (χ0) is 22.1. The minimum absolute atomic E-state index is 0.00545. The molecule has 30 heavy (non-hydrogen) atoms. The standard InChI is InChI=1S/C21H22N4O4S/c1-3-25(4-2)30(28,29)19-7-5-6-18(14-19)21(27)24-23-20(26)13-12-16-8-10-17(15-22)11-9-16/h5-14H,3-4H2,1-2H3,(H,23,26)(H,24,27)/b13-12+. The van der Waals surface area contributed by atoms with Crippen LogP contribution in [0.15, 0.2) is 59.5 Å². The molecule has 0 aliphatic carbocycles. The van der Waals surface area contributed by atoms with Crippen LogP contribution in [0.1, 0.15) is 35.3 Å². The van der Waals surface area contributed by atoms with E-state index in [-0.39, 0.29) is 10.5 Å². The largest absolute Gasteiger partial charge is 0.269 e. The van der Waals surface area contributed by atoms with Crippen LogP contribution in [0, 0.1) is 11.3 Å². The quantitative estimate of drug-likeness (QED) is 0.519. The molecule has 2 aromatic rings. The number of hydrazine groups is 1. The monoisotopic (exact) mass is 426 g/mol. The highest BCUT2D eigenvalue weighted by Gasteiger charge is 2.22. The molecular weight excluding hydrogens is 404 g/mol. The second-order valence-electron chi connectivity index (χ2n) is 6.13. The van der Waals surface area contributed by atoms with E-state index in [1.807, 2.05) is 6.07 Å². The number of carbonyl (C=O) groups excluding carboxylic acids is 2. The van der Waals surface area contributed by atoms with Crippen LogP contribution in [-0.2, 0) is 14.8 Å². The van der Waals surface area contributed by atoms with E-state index in [1.165, 1.54) is 40.7 Å². The first-order chi connectivity index (χ1) is 14.3. The first-order valence-electron chi connectivity index (χ1n) is 9.20. The molecule has 0 aromatic heterocycles. The molecule has 0 saturated carbocycles. The summed E-state index contributed by atoms with van der Waals surface area (Å²) in [4.78, 5) is 24.2. The number of hydrogen-bond acceptors (Lipinski definition) is 5. The summed E-state index contributed by atoms with van der Waals surface area (Å²) in [7, 11) is -3.70. The lowest BCUT2D eigenvalue weighted by molar-refractivity contribution is -0.117. The summed E-state index contributed by atoms with van der Waals surface area (Å²) in [6.07, 6.45) is 2.75. The molecule has 0 fully saturated rings. The van der Waals surface area contributed by atoms with E-state index in [1.54, 1.807) is 38.1 Å². The van der Waals surface area contributed by atoms with E-state index < -0.39 is 21.8 Å². The van der Waals surface area contributed by atoms with Gasteiger partial charge in [-0.25, -0.2) is 8.42 Å². The summed E-state index contributed by atoms with van der Waals surface area (Å²) >= 11 is 0. The molecule has 0 heterocycles. The fraction of sp³-hybridized carbons (Fsp3) is 0.190. The number of hydrogen-bond donors (Lipinski definition) is 2. The molecule has 2 rings (SSSR count). The van der Waals surface area contributed by atoms with Crippen molar-refractivity contribution in [3.8, 4) is 6.07 Å². The minimum Gasteiger partial charge on any atom is -0.268 e. The molecule has 2 amide bonds. The Hall–Kier alpha value is -3.48. The van der Waals surface area contributed by atoms with Crippen molar-refractivity contribution in [2.45, 2.75) is 18.7 Å². The third-order valence-corrected chi connectivity index (χ3v) is 6.25. The average Bonchev–Trinajstić information content (AvgIpc) is 2.77. The molecule has 156 valence electrons. The molecule has 9 heteroatoms. The number of nitriles is 1. The summed E-state index contributed by atoms with van der Waals surface area (Å²) < 4.78 is 26.5. The molecule has 0 aliphatic heterocycles. The molecular formula is C21H22N4O4S. The summed E-state index contributed by atoms with van der Waals surface area (Å²) in [6.45, 7) is 4.10. The van der Waals surface area contributed by atoms with Gasteiger partial charge in [0, 0.05) is 24.7 Å². The molecule has 0 spiro atoms. The summed E-state index contributed by atoms with van der Waals surface area (Å²) in [5.74, 6) is -1.22. The van der Waals surface area contributed by atoms with Crippen molar-refractivity contribution in [1.29, 1.82) is 5.26 Å². The van der Waals surface area contributed by atoms with Gasteiger partial charge in [0.25, 0.3) is 11.8 Å². The Morgan fingerprint density at radius 1 is 1.07 bits per heavy atom. The van der Waals surface area contributed by atoms with Gasteiger partial charge in [0.2, 0.25) is 10.0 Å². The highest BCUT2D eigenvalue weighted by Crippen LogP contribution is 2.16. The van der Waals surface area contributed by atoms with Crippen molar-refractivity contribution in [1.82, 2.24) is 15.2 Å². The zero-order valence-electron chi connectivity index (χ0n) is 16.6. The van der Waals surface area contributed by atoms with Crippen LogP contribution in [0.4, 0.5) is 0 Å². The highest BCUT2D eigenvalue weighted by molar-refractivity contribution is 7.89. The number of nitrogens with one attached hydrogen (secondary N) is 2. The van der Waals surface area contributed by atoms with E-state index in [2.05, 4.69) is 10.9 Å². The second-order valence-corrected chi connectivity index (χ2v) is 8.07. The SMILES string of the molecule is CCN(CC)S(=O)(=O)c1cccc(C(=O)NNC(=O)/C=C/c2ccc(C#N)cc2)c1. The van der Waals surface area contributed by atoms with Gasteiger partial charge in [0.15, 0.2) is 0 Å². The summed E-state index contributed by atoms with van der Waals surface area (Å²) in [5.41, 5.74) is 5.81. The smallest absolute Gasteiger partial charge is 0.268 e. The Balaban J connectivity index is 2.01. The number of rotatable bonds is 7. The molecule has 0 aliphatic rings.